The Labute approximate surface area is 181 Å². The van der Waals surface area contributed by atoms with Gasteiger partial charge in [0.05, 0.1) is 4.90 Å². The highest BCUT2D eigenvalue weighted by molar-refractivity contribution is 7.90. The Morgan fingerprint density at radius 2 is 1.75 bits per heavy atom. The van der Waals surface area contributed by atoms with E-state index in [0.29, 0.717) is 11.1 Å². The number of sulfone groups is 1. The number of rotatable bonds is 3. The molecular weight excluding hydrogens is 455 g/mol. The van der Waals surface area contributed by atoms with Crippen molar-refractivity contribution in [1.29, 1.82) is 0 Å². The van der Waals surface area contributed by atoms with E-state index in [0.717, 1.165) is 24.5 Å². The second kappa shape index (κ2) is 8.05. The predicted octanol–water partition coefficient (Wildman–Crippen LogP) is 3.47. The Kier molecular flexibility index (Phi) is 5.81. The van der Waals surface area contributed by atoms with Gasteiger partial charge in [0, 0.05) is 37.0 Å². The standard InChI is InChI=1S/C21H21F5N2O3S/c1-32(29,30)14-4-2-11-9-28(10-12(11)6-14)18-8-17(27)19(31-20(18)21(24,25)26)15-7-13(22)3-5-16(15)23/h2-7,17-20H,8-10,27H2,1H3/t17-,18+,19+,20-/m0/s1. The van der Waals surface area contributed by atoms with Crippen molar-refractivity contribution in [2.24, 2.45) is 5.73 Å². The van der Waals surface area contributed by atoms with Gasteiger partial charge in [0.25, 0.3) is 0 Å². The molecule has 2 N–H and O–H groups in total. The van der Waals surface area contributed by atoms with E-state index < -0.39 is 51.9 Å². The van der Waals surface area contributed by atoms with Crippen LogP contribution in [0.15, 0.2) is 41.3 Å². The van der Waals surface area contributed by atoms with Crippen molar-refractivity contribution in [3.8, 4) is 0 Å². The summed E-state index contributed by atoms with van der Waals surface area (Å²) in [4.78, 5) is 1.62. The predicted molar refractivity (Wildman–Crippen MR) is 105 cm³/mol. The number of ether oxygens (including phenoxy) is 1. The van der Waals surface area contributed by atoms with Crippen LogP contribution in [-0.2, 0) is 27.7 Å². The molecule has 2 heterocycles. The Bertz CT molecular complexity index is 1140. The molecule has 2 aliphatic heterocycles. The van der Waals surface area contributed by atoms with Gasteiger partial charge in [-0.2, -0.15) is 13.2 Å². The smallest absolute Gasteiger partial charge is 0.357 e. The van der Waals surface area contributed by atoms with Crippen LogP contribution in [0.2, 0.25) is 0 Å². The van der Waals surface area contributed by atoms with Crippen LogP contribution in [0.5, 0.6) is 0 Å². The summed E-state index contributed by atoms with van der Waals surface area (Å²) in [6.07, 6.45) is -7.63. The largest absolute Gasteiger partial charge is 0.416 e. The van der Waals surface area contributed by atoms with Gasteiger partial charge >= 0.3 is 6.18 Å². The fourth-order valence-corrected chi connectivity index (χ4v) is 5.08. The van der Waals surface area contributed by atoms with Crippen LogP contribution in [0, 0.1) is 11.6 Å². The monoisotopic (exact) mass is 476 g/mol. The first-order valence-corrected chi connectivity index (χ1v) is 11.7. The fraction of sp³-hybridized carbons (Fsp3) is 0.429. The second-order valence-electron chi connectivity index (χ2n) is 8.26. The topological polar surface area (TPSA) is 72.6 Å². The van der Waals surface area contributed by atoms with Gasteiger partial charge in [-0.1, -0.05) is 6.07 Å². The van der Waals surface area contributed by atoms with E-state index in [2.05, 4.69) is 0 Å². The van der Waals surface area contributed by atoms with Crippen molar-refractivity contribution in [2.45, 2.75) is 54.9 Å². The number of fused-ring (bicyclic) bond motifs is 1. The molecule has 0 aliphatic carbocycles. The van der Waals surface area contributed by atoms with Crippen LogP contribution in [0.3, 0.4) is 0 Å². The number of benzene rings is 2. The molecule has 0 radical (unpaired) electrons. The molecule has 2 aliphatic rings. The first-order valence-electron chi connectivity index (χ1n) is 9.83. The molecule has 0 saturated carbocycles. The third-order valence-electron chi connectivity index (χ3n) is 5.95. The van der Waals surface area contributed by atoms with Crippen molar-refractivity contribution in [2.75, 3.05) is 6.26 Å². The van der Waals surface area contributed by atoms with Gasteiger partial charge in [0.15, 0.2) is 15.9 Å². The first kappa shape index (κ1) is 23.1. The van der Waals surface area contributed by atoms with E-state index in [4.69, 9.17) is 10.5 Å². The summed E-state index contributed by atoms with van der Waals surface area (Å²) in [5.41, 5.74) is 7.06. The van der Waals surface area contributed by atoms with Crippen LogP contribution < -0.4 is 5.73 Å². The fourth-order valence-electron chi connectivity index (χ4n) is 4.41. The Morgan fingerprint density at radius 1 is 1.06 bits per heavy atom. The molecule has 4 atom stereocenters. The normalized spacial score (nSPS) is 26.8. The number of hydrogen-bond donors (Lipinski definition) is 1. The third kappa shape index (κ3) is 4.39. The highest BCUT2D eigenvalue weighted by Crippen LogP contribution is 2.42. The van der Waals surface area contributed by atoms with E-state index >= 15 is 0 Å². The van der Waals surface area contributed by atoms with Crippen molar-refractivity contribution in [1.82, 2.24) is 4.90 Å². The van der Waals surface area contributed by atoms with Gasteiger partial charge in [0.2, 0.25) is 0 Å². The van der Waals surface area contributed by atoms with Gasteiger partial charge < -0.3 is 10.5 Å². The SMILES string of the molecule is CS(=O)(=O)c1ccc2c(c1)CN([C@@H]1C[C@H](N)[C@@H](c3cc(F)ccc3F)O[C@@H]1C(F)(F)F)C2. The summed E-state index contributed by atoms with van der Waals surface area (Å²) in [6, 6.07) is 4.77. The Hall–Kier alpha value is -2.08. The molecule has 1 saturated heterocycles. The molecule has 1 fully saturated rings. The maximum atomic E-state index is 14.2. The minimum Gasteiger partial charge on any atom is -0.357 e. The lowest BCUT2D eigenvalue weighted by molar-refractivity contribution is -0.269. The van der Waals surface area contributed by atoms with Gasteiger partial charge in [0.1, 0.15) is 17.7 Å². The summed E-state index contributed by atoms with van der Waals surface area (Å²) in [5.74, 6) is -1.70. The molecule has 4 rings (SSSR count). The van der Waals surface area contributed by atoms with Gasteiger partial charge in [-0.3, -0.25) is 4.90 Å². The zero-order chi connectivity index (χ0) is 23.4. The highest BCUT2D eigenvalue weighted by Gasteiger charge is 2.54. The molecular formula is C21H21F5N2O3S. The van der Waals surface area contributed by atoms with Crippen LogP contribution in [0.1, 0.15) is 29.2 Å². The van der Waals surface area contributed by atoms with E-state index in [1.165, 1.54) is 17.0 Å². The van der Waals surface area contributed by atoms with Crippen LogP contribution in [-0.4, -0.2) is 43.9 Å². The van der Waals surface area contributed by atoms with E-state index in [1.807, 2.05) is 0 Å². The number of alkyl halides is 3. The average Bonchev–Trinajstić information content (AvgIpc) is 3.11. The number of nitrogens with zero attached hydrogens (tertiary/aromatic N) is 1. The molecule has 5 nitrogen and oxygen atoms in total. The molecule has 174 valence electrons. The lowest BCUT2D eigenvalue weighted by Crippen LogP contribution is -2.58. The molecule has 0 bridgehead atoms. The zero-order valence-electron chi connectivity index (χ0n) is 16.9. The van der Waals surface area contributed by atoms with E-state index in [-0.39, 0.29) is 30.0 Å². The summed E-state index contributed by atoms with van der Waals surface area (Å²) in [5, 5.41) is 0. The lowest BCUT2D eigenvalue weighted by atomic mass is 9.89. The molecule has 0 aromatic heterocycles. The molecule has 32 heavy (non-hydrogen) atoms. The molecule has 11 heteroatoms. The minimum absolute atomic E-state index is 0.0868. The van der Waals surface area contributed by atoms with Crippen molar-refractivity contribution in [3.05, 3.63) is 64.7 Å². The lowest BCUT2D eigenvalue weighted by Gasteiger charge is -2.44. The summed E-state index contributed by atoms with van der Waals surface area (Å²) in [6.45, 7) is 0.247. The molecule has 0 amide bonds. The molecule has 2 aromatic carbocycles. The average molecular weight is 476 g/mol. The van der Waals surface area contributed by atoms with Gasteiger partial charge in [-0.05, 0) is 47.9 Å². The van der Waals surface area contributed by atoms with E-state index in [9.17, 15) is 30.4 Å². The number of hydrogen-bond acceptors (Lipinski definition) is 5. The van der Waals surface area contributed by atoms with Crippen LogP contribution in [0.4, 0.5) is 22.0 Å². The zero-order valence-corrected chi connectivity index (χ0v) is 17.8. The van der Waals surface area contributed by atoms with Gasteiger partial charge in [-0.15, -0.1) is 0 Å². The van der Waals surface area contributed by atoms with Crippen molar-refractivity contribution < 1.29 is 35.1 Å². The van der Waals surface area contributed by atoms with Crippen molar-refractivity contribution in [3.63, 3.8) is 0 Å². The summed E-state index contributed by atoms with van der Waals surface area (Å²) in [7, 11) is -3.46. The highest BCUT2D eigenvalue weighted by atomic mass is 32.2. The van der Waals surface area contributed by atoms with Gasteiger partial charge in [-0.25, -0.2) is 17.2 Å². The second-order valence-corrected chi connectivity index (χ2v) is 10.3. The van der Waals surface area contributed by atoms with Crippen LogP contribution >= 0.6 is 0 Å². The summed E-state index contributed by atoms with van der Waals surface area (Å²) < 4.78 is 98.6. The maximum Gasteiger partial charge on any atom is 0.416 e. The quantitative estimate of drug-likeness (QED) is 0.687. The minimum atomic E-state index is -4.78. The maximum absolute atomic E-state index is 14.2. The Morgan fingerprint density at radius 3 is 2.41 bits per heavy atom. The van der Waals surface area contributed by atoms with Crippen LogP contribution in [0.25, 0.3) is 0 Å². The molecule has 2 aromatic rings. The van der Waals surface area contributed by atoms with Crippen molar-refractivity contribution >= 4 is 9.84 Å². The van der Waals surface area contributed by atoms with E-state index in [1.54, 1.807) is 6.07 Å². The number of nitrogens with two attached hydrogens (primary N) is 1. The first-order chi connectivity index (χ1) is 14.8. The molecule has 0 spiro atoms. The third-order valence-corrected chi connectivity index (χ3v) is 7.06. The molecule has 0 unspecified atom stereocenters. The summed E-state index contributed by atoms with van der Waals surface area (Å²) >= 11 is 0. The Balaban J connectivity index is 1.62. The number of halogens is 5.